The molecule has 1 amide bonds. The third kappa shape index (κ3) is 4.64. The van der Waals surface area contributed by atoms with Gasteiger partial charge in [-0.25, -0.2) is 0 Å². The highest BCUT2D eigenvalue weighted by Gasteiger charge is 2.29. The predicted octanol–water partition coefficient (Wildman–Crippen LogP) is 1.33. The lowest BCUT2D eigenvalue weighted by Crippen LogP contribution is -2.47. The highest BCUT2D eigenvalue weighted by molar-refractivity contribution is 5.79. The highest BCUT2D eigenvalue weighted by Crippen LogP contribution is 2.23. The van der Waals surface area contributed by atoms with Crippen molar-refractivity contribution >= 4 is 5.91 Å². The van der Waals surface area contributed by atoms with Crippen LogP contribution in [0.2, 0.25) is 0 Å². The Labute approximate surface area is 104 Å². The molecule has 1 saturated heterocycles. The summed E-state index contributed by atoms with van der Waals surface area (Å²) in [5.41, 5.74) is -0.0338. The van der Waals surface area contributed by atoms with E-state index in [2.05, 4.69) is 26.1 Å². The van der Waals surface area contributed by atoms with Crippen molar-refractivity contribution in [3.8, 4) is 0 Å². The Morgan fingerprint density at radius 3 is 2.71 bits per heavy atom. The minimum atomic E-state index is -0.0338. The molecule has 1 rings (SSSR count). The number of carbonyl (C=O) groups excluding carboxylic acids is 1. The Kier molecular flexibility index (Phi) is 5.40. The van der Waals surface area contributed by atoms with Crippen LogP contribution in [0.1, 0.15) is 40.0 Å². The molecule has 4 heteroatoms. The van der Waals surface area contributed by atoms with Gasteiger partial charge in [0.2, 0.25) is 5.91 Å². The van der Waals surface area contributed by atoms with Crippen molar-refractivity contribution in [3.63, 3.8) is 0 Å². The normalized spacial score (nSPS) is 23.2. The zero-order valence-electron chi connectivity index (χ0n) is 11.2. The van der Waals surface area contributed by atoms with E-state index in [4.69, 9.17) is 9.84 Å². The third-order valence-corrected chi connectivity index (χ3v) is 3.31. The van der Waals surface area contributed by atoms with Crippen LogP contribution in [-0.2, 0) is 9.53 Å². The minimum absolute atomic E-state index is 0.0157. The van der Waals surface area contributed by atoms with Gasteiger partial charge in [0.25, 0.3) is 0 Å². The van der Waals surface area contributed by atoms with Crippen molar-refractivity contribution in [2.75, 3.05) is 19.8 Å². The van der Waals surface area contributed by atoms with Crippen molar-refractivity contribution in [1.82, 2.24) is 5.32 Å². The lowest BCUT2D eigenvalue weighted by atomic mass is 9.84. The van der Waals surface area contributed by atoms with Gasteiger partial charge in [0.1, 0.15) is 0 Å². The zero-order chi connectivity index (χ0) is 12.9. The van der Waals surface area contributed by atoms with E-state index in [1.165, 1.54) is 0 Å². The average Bonchev–Trinajstić information content (AvgIpc) is 2.28. The van der Waals surface area contributed by atoms with Crippen molar-refractivity contribution in [3.05, 3.63) is 0 Å². The van der Waals surface area contributed by atoms with Crippen molar-refractivity contribution in [2.45, 2.75) is 46.1 Å². The molecule has 0 aromatic carbocycles. The maximum absolute atomic E-state index is 12.1. The molecule has 0 aliphatic carbocycles. The number of hydrogen-bond donors (Lipinski definition) is 2. The Balaban J connectivity index is 2.51. The van der Waals surface area contributed by atoms with E-state index in [9.17, 15) is 4.79 Å². The molecule has 0 aromatic rings. The quantitative estimate of drug-likeness (QED) is 0.783. The molecule has 17 heavy (non-hydrogen) atoms. The van der Waals surface area contributed by atoms with Crippen LogP contribution in [0.25, 0.3) is 0 Å². The highest BCUT2D eigenvalue weighted by atomic mass is 16.5. The Morgan fingerprint density at radius 1 is 1.53 bits per heavy atom. The van der Waals surface area contributed by atoms with Crippen LogP contribution in [0.15, 0.2) is 0 Å². The van der Waals surface area contributed by atoms with Gasteiger partial charge in [-0.05, 0) is 24.7 Å². The monoisotopic (exact) mass is 243 g/mol. The van der Waals surface area contributed by atoms with Crippen LogP contribution in [0.4, 0.5) is 0 Å². The number of nitrogens with one attached hydrogen (secondary N) is 1. The zero-order valence-corrected chi connectivity index (χ0v) is 11.2. The van der Waals surface area contributed by atoms with E-state index in [0.29, 0.717) is 13.0 Å². The maximum atomic E-state index is 12.1. The van der Waals surface area contributed by atoms with Gasteiger partial charge in [-0.15, -0.1) is 0 Å². The third-order valence-electron chi connectivity index (χ3n) is 3.31. The molecule has 0 aromatic heterocycles. The number of amides is 1. The largest absolute Gasteiger partial charge is 0.396 e. The van der Waals surface area contributed by atoms with E-state index in [0.717, 1.165) is 19.4 Å². The molecule has 100 valence electrons. The summed E-state index contributed by atoms with van der Waals surface area (Å²) < 4.78 is 5.32. The minimum Gasteiger partial charge on any atom is -0.396 e. The molecule has 0 saturated carbocycles. The SMILES string of the molecule is CC(C)(C)C(CCO)NC(=O)C1CCCOC1. The van der Waals surface area contributed by atoms with Gasteiger partial charge in [0.05, 0.1) is 12.5 Å². The van der Waals surface area contributed by atoms with E-state index in [-0.39, 0.29) is 29.9 Å². The summed E-state index contributed by atoms with van der Waals surface area (Å²) in [5, 5.41) is 12.1. The number of aliphatic hydroxyl groups is 1. The van der Waals surface area contributed by atoms with Crippen molar-refractivity contribution < 1.29 is 14.6 Å². The number of aliphatic hydroxyl groups excluding tert-OH is 1. The number of carbonyl (C=O) groups is 1. The smallest absolute Gasteiger partial charge is 0.225 e. The lowest BCUT2D eigenvalue weighted by molar-refractivity contribution is -0.130. The molecule has 1 aliphatic heterocycles. The topological polar surface area (TPSA) is 58.6 Å². The Bertz CT molecular complexity index is 242. The Hall–Kier alpha value is -0.610. The molecule has 4 nitrogen and oxygen atoms in total. The summed E-state index contributed by atoms with van der Waals surface area (Å²) in [4.78, 5) is 12.1. The van der Waals surface area contributed by atoms with Gasteiger partial charge in [-0.3, -0.25) is 4.79 Å². The van der Waals surface area contributed by atoms with Gasteiger partial charge in [-0.2, -0.15) is 0 Å². The average molecular weight is 243 g/mol. The molecule has 1 heterocycles. The molecule has 0 radical (unpaired) electrons. The second-order valence-corrected chi connectivity index (χ2v) is 5.85. The fraction of sp³-hybridized carbons (Fsp3) is 0.923. The first-order chi connectivity index (χ1) is 7.95. The number of hydrogen-bond acceptors (Lipinski definition) is 3. The summed E-state index contributed by atoms with van der Waals surface area (Å²) in [7, 11) is 0. The van der Waals surface area contributed by atoms with Crippen molar-refractivity contribution in [2.24, 2.45) is 11.3 Å². The molecule has 0 bridgehead atoms. The van der Waals surface area contributed by atoms with Crippen LogP contribution < -0.4 is 5.32 Å². The second kappa shape index (κ2) is 6.36. The molecule has 2 unspecified atom stereocenters. The van der Waals surface area contributed by atoms with Crippen LogP contribution >= 0.6 is 0 Å². The first kappa shape index (κ1) is 14.5. The van der Waals surface area contributed by atoms with E-state index >= 15 is 0 Å². The predicted molar refractivity (Wildman–Crippen MR) is 66.6 cm³/mol. The molecule has 2 atom stereocenters. The van der Waals surface area contributed by atoms with Gasteiger partial charge in [0, 0.05) is 19.3 Å². The lowest BCUT2D eigenvalue weighted by Gasteiger charge is -2.33. The van der Waals surface area contributed by atoms with E-state index < -0.39 is 0 Å². The first-order valence-electron chi connectivity index (χ1n) is 6.44. The molecule has 2 N–H and O–H groups in total. The maximum Gasteiger partial charge on any atom is 0.225 e. The molecule has 0 spiro atoms. The summed E-state index contributed by atoms with van der Waals surface area (Å²) in [5.74, 6) is 0.0466. The van der Waals surface area contributed by atoms with Crippen LogP contribution in [-0.4, -0.2) is 36.9 Å². The first-order valence-corrected chi connectivity index (χ1v) is 6.44. The summed E-state index contributed by atoms with van der Waals surface area (Å²) in [6.45, 7) is 7.62. The molecule has 1 fully saturated rings. The number of rotatable bonds is 4. The standard InChI is InChI=1S/C13H25NO3/c1-13(2,3)11(6-7-15)14-12(16)10-5-4-8-17-9-10/h10-11,15H,4-9H2,1-3H3,(H,14,16). The molecular formula is C13H25NO3. The summed E-state index contributed by atoms with van der Waals surface area (Å²) >= 11 is 0. The van der Waals surface area contributed by atoms with Crippen molar-refractivity contribution in [1.29, 1.82) is 0 Å². The van der Waals surface area contributed by atoms with Crippen LogP contribution in [0, 0.1) is 11.3 Å². The summed E-state index contributed by atoms with van der Waals surface area (Å²) in [6, 6.07) is 0.0157. The number of ether oxygens (including phenoxy) is 1. The van der Waals surface area contributed by atoms with Crippen LogP contribution in [0.3, 0.4) is 0 Å². The molecule has 1 aliphatic rings. The summed E-state index contributed by atoms with van der Waals surface area (Å²) in [6.07, 6.45) is 2.46. The van der Waals surface area contributed by atoms with E-state index in [1.54, 1.807) is 0 Å². The van der Waals surface area contributed by atoms with E-state index in [1.807, 2.05) is 0 Å². The van der Waals surface area contributed by atoms with Gasteiger partial charge >= 0.3 is 0 Å². The van der Waals surface area contributed by atoms with Crippen LogP contribution in [0.5, 0.6) is 0 Å². The Morgan fingerprint density at radius 2 is 2.24 bits per heavy atom. The second-order valence-electron chi connectivity index (χ2n) is 5.85. The molecular weight excluding hydrogens is 218 g/mol. The fourth-order valence-corrected chi connectivity index (χ4v) is 2.09. The van der Waals surface area contributed by atoms with Gasteiger partial charge in [0.15, 0.2) is 0 Å². The van der Waals surface area contributed by atoms with Gasteiger partial charge < -0.3 is 15.2 Å². The van der Waals surface area contributed by atoms with Gasteiger partial charge in [-0.1, -0.05) is 20.8 Å². The fourth-order valence-electron chi connectivity index (χ4n) is 2.09.